The largest absolute Gasteiger partial charge is 1.00 e. The van der Waals surface area contributed by atoms with E-state index in [1.165, 1.54) is 32.1 Å². The van der Waals surface area contributed by atoms with Crippen LogP contribution in [0, 0.1) is 6.42 Å². The smallest absolute Gasteiger partial charge is 0.328 e. The van der Waals surface area contributed by atoms with Gasteiger partial charge in [-0.05, 0) is 0 Å². The Hall–Kier alpha value is 0.636. The molecule has 0 bridgehead atoms. The SMILES string of the molecule is [CH-]1CCCCC1.[Os+]. The third-order valence-corrected chi connectivity index (χ3v) is 1.32. The van der Waals surface area contributed by atoms with E-state index in [9.17, 15) is 0 Å². The minimum Gasteiger partial charge on any atom is -0.328 e. The van der Waals surface area contributed by atoms with Gasteiger partial charge in [0.15, 0.2) is 0 Å². The van der Waals surface area contributed by atoms with E-state index in [0.717, 1.165) is 0 Å². The second-order valence-electron chi connectivity index (χ2n) is 1.93. The topological polar surface area (TPSA) is 0 Å². The van der Waals surface area contributed by atoms with E-state index in [2.05, 4.69) is 6.42 Å². The average molecular weight is 273 g/mol. The van der Waals surface area contributed by atoms with Crippen molar-refractivity contribution in [3.8, 4) is 0 Å². The predicted molar refractivity (Wildman–Crippen MR) is 27.4 cm³/mol. The van der Waals surface area contributed by atoms with Crippen molar-refractivity contribution in [2.24, 2.45) is 0 Å². The van der Waals surface area contributed by atoms with Gasteiger partial charge in [-0.25, -0.2) is 0 Å². The van der Waals surface area contributed by atoms with Gasteiger partial charge in [0.2, 0.25) is 0 Å². The molecule has 0 atom stereocenters. The van der Waals surface area contributed by atoms with Gasteiger partial charge in [0, 0.05) is 0 Å². The second kappa shape index (κ2) is 4.79. The van der Waals surface area contributed by atoms with Crippen LogP contribution in [0.15, 0.2) is 0 Å². The molecule has 0 N–H and O–H groups in total. The van der Waals surface area contributed by atoms with Crippen LogP contribution in [0.4, 0.5) is 0 Å². The molecule has 1 fully saturated rings. The first-order valence-electron chi connectivity index (χ1n) is 2.82. The van der Waals surface area contributed by atoms with Gasteiger partial charge in [-0.1, -0.05) is 19.3 Å². The van der Waals surface area contributed by atoms with Crippen molar-refractivity contribution in [2.75, 3.05) is 0 Å². The molecule has 1 saturated carbocycles. The Morgan fingerprint density at radius 3 is 1.57 bits per heavy atom. The summed E-state index contributed by atoms with van der Waals surface area (Å²) in [7, 11) is 0. The minimum absolute atomic E-state index is 0. The standard InChI is InChI=1S/C6H11.Os/c1-2-4-6-5-3-1;/h1H,2-6H2;/q-1;+1. The summed E-state index contributed by atoms with van der Waals surface area (Å²) in [5.74, 6) is 0. The maximum Gasteiger partial charge on any atom is 1.00 e. The molecule has 0 aromatic rings. The van der Waals surface area contributed by atoms with Crippen LogP contribution in [-0.2, 0) is 19.8 Å². The van der Waals surface area contributed by atoms with Crippen molar-refractivity contribution >= 4 is 0 Å². The van der Waals surface area contributed by atoms with Crippen LogP contribution in [0.2, 0.25) is 0 Å². The molecule has 1 heteroatoms. The second-order valence-corrected chi connectivity index (χ2v) is 1.93. The van der Waals surface area contributed by atoms with Crippen molar-refractivity contribution in [3.63, 3.8) is 0 Å². The average Bonchev–Trinajstić information content (AvgIpc) is 1.72. The molecule has 0 saturated heterocycles. The third kappa shape index (κ3) is 3.24. The Morgan fingerprint density at radius 1 is 0.857 bits per heavy atom. The monoisotopic (exact) mass is 275 g/mol. The van der Waals surface area contributed by atoms with E-state index >= 15 is 0 Å². The van der Waals surface area contributed by atoms with Gasteiger partial charge in [0.05, 0.1) is 0 Å². The maximum absolute atomic E-state index is 2.39. The zero-order chi connectivity index (χ0) is 4.24. The molecule has 0 spiro atoms. The van der Waals surface area contributed by atoms with Crippen LogP contribution in [-0.4, -0.2) is 0 Å². The summed E-state index contributed by atoms with van der Waals surface area (Å²) < 4.78 is 0. The first-order chi connectivity index (χ1) is 3.00. The molecule has 0 unspecified atom stereocenters. The molecule has 43 valence electrons. The summed E-state index contributed by atoms with van der Waals surface area (Å²) in [5.41, 5.74) is 0. The van der Waals surface area contributed by atoms with E-state index < -0.39 is 0 Å². The zero-order valence-corrected chi connectivity index (χ0v) is 7.01. The molecule has 1 aliphatic carbocycles. The molecule has 0 aliphatic heterocycles. The number of hydrogen-bond acceptors (Lipinski definition) is 0. The quantitative estimate of drug-likeness (QED) is 0.593. The summed E-state index contributed by atoms with van der Waals surface area (Å²) in [6.45, 7) is 0. The predicted octanol–water partition coefficient (Wildman–Crippen LogP) is 2.15. The van der Waals surface area contributed by atoms with E-state index in [4.69, 9.17) is 0 Å². The van der Waals surface area contributed by atoms with Crippen LogP contribution < -0.4 is 0 Å². The summed E-state index contributed by atoms with van der Waals surface area (Å²) in [4.78, 5) is 0. The van der Waals surface area contributed by atoms with Gasteiger partial charge in [-0.2, -0.15) is 12.8 Å². The fourth-order valence-electron chi connectivity index (χ4n) is 0.898. The van der Waals surface area contributed by atoms with Gasteiger partial charge >= 0.3 is 19.8 Å². The molecule has 0 heterocycles. The molecule has 0 amide bonds. The van der Waals surface area contributed by atoms with Gasteiger partial charge in [-0.3, -0.25) is 0 Å². The fraction of sp³-hybridized carbons (Fsp3) is 0.833. The van der Waals surface area contributed by atoms with Crippen molar-refractivity contribution in [3.05, 3.63) is 6.42 Å². The molecular formula is C6H11Os. The first-order valence-corrected chi connectivity index (χ1v) is 2.82. The van der Waals surface area contributed by atoms with Crippen LogP contribution >= 0.6 is 0 Å². The molecule has 7 heavy (non-hydrogen) atoms. The van der Waals surface area contributed by atoms with Crippen LogP contribution in [0.25, 0.3) is 0 Å². The van der Waals surface area contributed by atoms with Crippen molar-refractivity contribution in [1.82, 2.24) is 0 Å². The Balaban J connectivity index is 0.000000360. The van der Waals surface area contributed by atoms with Gasteiger partial charge in [0.1, 0.15) is 0 Å². The van der Waals surface area contributed by atoms with Crippen molar-refractivity contribution in [1.29, 1.82) is 0 Å². The summed E-state index contributed by atoms with van der Waals surface area (Å²) >= 11 is 0. The summed E-state index contributed by atoms with van der Waals surface area (Å²) in [6.07, 6.45) is 9.50. The Morgan fingerprint density at radius 2 is 1.43 bits per heavy atom. The normalized spacial score (nSPS) is 20.6. The number of hydrogen-bond donors (Lipinski definition) is 0. The molecule has 0 aromatic heterocycles. The van der Waals surface area contributed by atoms with Crippen molar-refractivity contribution in [2.45, 2.75) is 32.1 Å². The van der Waals surface area contributed by atoms with Gasteiger partial charge < -0.3 is 6.42 Å². The molecule has 1 aliphatic rings. The van der Waals surface area contributed by atoms with E-state index in [1.807, 2.05) is 0 Å². The summed E-state index contributed by atoms with van der Waals surface area (Å²) in [5, 5.41) is 0. The minimum atomic E-state index is 0. The van der Waals surface area contributed by atoms with Gasteiger partial charge in [-0.15, -0.1) is 0 Å². The fourth-order valence-corrected chi connectivity index (χ4v) is 0.898. The van der Waals surface area contributed by atoms with Crippen LogP contribution in [0.3, 0.4) is 0 Å². The first kappa shape index (κ1) is 7.64. The maximum atomic E-state index is 2.39. The molecule has 0 aromatic carbocycles. The van der Waals surface area contributed by atoms with Gasteiger partial charge in [0.25, 0.3) is 0 Å². The molecular weight excluding hydrogens is 262 g/mol. The van der Waals surface area contributed by atoms with E-state index in [-0.39, 0.29) is 19.8 Å². The third-order valence-electron chi connectivity index (χ3n) is 1.32. The molecule has 1 radical (unpaired) electrons. The molecule has 1 rings (SSSR count). The van der Waals surface area contributed by atoms with Crippen LogP contribution in [0.5, 0.6) is 0 Å². The molecule has 0 nitrogen and oxygen atoms in total. The van der Waals surface area contributed by atoms with E-state index in [1.54, 1.807) is 0 Å². The summed E-state index contributed by atoms with van der Waals surface area (Å²) in [6, 6.07) is 0. The Labute approximate surface area is 58.7 Å². The van der Waals surface area contributed by atoms with E-state index in [0.29, 0.717) is 0 Å². The Bertz CT molecular complexity index is 19.7. The Kier molecular flexibility index (Phi) is 5.22. The van der Waals surface area contributed by atoms with Crippen molar-refractivity contribution < 1.29 is 19.8 Å². The zero-order valence-electron chi connectivity index (χ0n) is 4.47. The number of rotatable bonds is 0. The van der Waals surface area contributed by atoms with Crippen LogP contribution in [0.1, 0.15) is 32.1 Å².